The molecule has 4 rings (SSSR count). The summed E-state index contributed by atoms with van der Waals surface area (Å²) in [4.78, 5) is 48.4. The molecule has 2 aliphatic rings. The molecule has 0 radical (unpaired) electrons. The molecule has 2 amide bonds. The van der Waals surface area contributed by atoms with Gasteiger partial charge in [0.2, 0.25) is 0 Å². The minimum absolute atomic E-state index is 0.0296. The molecule has 0 unspecified atom stereocenters. The summed E-state index contributed by atoms with van der Waals surface area (Å²) in [5.74, 6) is -2.01. The maximum absolute atomic E-state index is 15.0. The van der Waals surface area contributed by atoms with Gasteiger partial charge >= 0.3 is 6.09 Å². The Balaban J connectivity index is 1.35. The lowest BCUT2D eigenvalue weighted by Crippen LogP contribution is -2.35. The summed E-state index contributed by atoms with van der Waals surface area (Å²) in [5.41, 5.74) is 0.545. The van der Waals surface area contributed by atoms with Crippen molar-refractivity contribution in [2.45, 2.75) is 31.8 Å². The van der Waals surface area contributed by atoms with Gasteiger partial charge in [0, 0.05) is 31.1 Å². The monoisotopic (exact) mass is 512 g/mol. The first kappa shape index (κ1) is 24.9. The summed E-state index contributed by atoms with van der Waals surface area (Å²) < 4.78 is 44.9. The van der Waals surface area contributed by atoms with Gasteiger partial charge in [0.15, 0.2) is 5.78 Å². The Morgan fingerprint density at radius 2 is 2.06 bits per heavy atom. The molecule has 3 heterocycles. The van der Waals surface area contributed by atoms with Crippen LogP contribution in [-0.2, 0) is 25.6 Å². The van der Waals surface area contributed by atoms with Crippen molar-refractivity contribution in [3.8, 4) is 0 Å². The van der Waals surface area contributed by atoms with Gasteiger partial charge in [-0.2, -0.15) is 0 Å². The number of carbonyl (C=O) groups is 3. The van der Waals surface area contributed by atoms with E-state index in [4.69, 9.17) is 9.57 Å². The van der Waals surface area contributed by atoms with Crippen LogP contribution in [0.2, 0.25) is 0 Å². The van der Waals surface area contributed by atoms with Crippen LogP contribution in [0.25, 0.3) is 0 Å². The average Bonchev–Trinajstić information content (AvgIpc) is 3.39. The van der Waals surface area contributed by atoms with Crippen LogP contribution in [0, 0.1) is 5.82 Å². The van der Waals surface area contributed by atoms with E-state index in [9.17, 15) is 23.2 Å². The number of aromatic nitrogens is 1. The molecular formula is C22H23F3N4O5S. The minimum atomic E-state index is -3.06. The Bertz CT molecular complexity index is 1070. The van der Waals surface area contributed by atoms with E-state index in [2.05, 4.69) is 4.98 Å². The van der Waals surface area contributed by atoms with Gasteiger partial charge in [-0.3, -0.25) is 19.3 Å². The number of ketones is 1. The van der Waals surface area contributed by atoms with E-state index in [0.717, 1.165) is 0 Å². The fourth-order valence-electron chi connectivity index (χ4n) is 3.86. The van der Waals surface area contributed by atoms with E-state index in [-0.39, 0.29) is 44.1 Å². The van der Waals surface area contributed by atoms with E-state index < -0.39 is 36.6 Å². The zero-order chi connectivity index (χ0) is 24.9. The van der Waals surface area contributed by atoms with E-state index >= 15 is 4.39 Å². The molecular weight excluding hydrogens is 489 g/mol. The Kier molecular flexibility index (Phi) is 7.86. The summed E-state index contributed by atoms with van der Waals surface area (Å²) in [6, 6.07) is 4.28. The summed E-state index contributed by atoms with van der Waals surface area (Å²) in [6.07, 6.45) is -3.20. The number of Topliss-reactive ketones (excluding diaryl/α,β-unsaturated/α-hetero) is 1. The number of thiazole rings is 1. The van der Waals surface area contributed by atoms with Crippen LogP contribution in [0.4, 0.5) is 29.3 Å². The molecule has 2 fully saturated rings. The van der Waals surface area contributed by atoms with Crippen LogP contribution < -0.4 is 9.80 Å². The SMILES string of the molecule is O=C(CC[C@H]1CN(c2ccc(N3CCON(C(=O)Cc4nccs4)CC3)c(F)c2)C(=O)O1)C(F)F. The number of halogens is 3. The van der Waals surface area contributed by atoms with Gasteiger partial charge in [-0.1, -0.05) is 0 Å². The standard InChI is InChI=1S/C22H23F3N4O5S/c23-16-11-14(28-13-15(34-22(28)32)2-4-18(30)21(24)25)1-3-17(16)27-6-7-29(33-9-8-27)20(31)12-19-26-5-10-35-19/h1,3,5,10-11,15,21H,2,4,6-9,12-13H2/t15-/m0/s1. The van der Waals surface area contributed by atoms with Crippen LogP contribution >= 0.6 is 11.3 Å². The molecule has 188 valence electrons. The molecule has 35 heavy (non-hydrogen) atoms. The Hall–Kier alpha value is -3.19. The molecule has 1 aromatic carbocycles. The lowest BCUT2D eigenvalue weighted by Gasteiger charge is -2.24. The number of nitrogens with zero attached hydrogens (tertiary/aromatic N) is 4. The summed E-state index contributed by atoms with van der Waals surface area (Å²) >= 11 is 1.38. The topological polar surface area (TPSA) is 92.3 Å². The number of cyclic esters (lactones) is 1. The fraction of sp³-hybridized carbons (Fsp3) is 0.455. The number of hydrogen-bond acceptors (Lipinski definition) is 8. The molecule has 0 aliphatic carbocycles. The van der Waals surface area contributed by atoms with Gasteiger partial charge in [-0.25, -0.2) is 28.0 Å². The normalized spacial score (nSPS) is 18.7. The highest BCUT2D eigenvalue weighted by molar-refractivity contribution is 7.09. The second-order valence-electron chi connectivity index (χ2n) is 7.98. The number of hydrogen-bond donors (Lipinski definition) is 0. The number of alkyl halides is 2. The number of carbonyl (C=O) groups excluding carboxylic acids is 3. The number of anilines is 2. The van der Waals surface area contributed by atoms with Crippen molar-refractivity contribution in [2.75, 3.05) is 42.6 Å². The summed E-state index contributed by atoms with van der Waals surface area (Å²) in [6.45, 7) is 1.14. The second-order valence-corrected chi connectivity index (χ2v) is 8.96. The average molecular weight is 513 g/mol. The molecule has 9 nitrogen and oxygen atoms in total. The number of benzene rings is 1. The number of ether oxygens (including phenoxy) is 1. The van der Waals surface area contributed by atoms with Gasteiger partial charge in [0.25, 0.3) is 12.3 Å². The molecule has 2 aliphatic heterocycles. The maximum Gasteiger partial charge on any atom is 0.414 e. The van der Waals surface area contributed by atoms with Crippen LogP contribution in [0.3, 0.4) is 0 Å². The van der Waals surface area contributed by atoms with Gasteiger partial charge in [-0.15, -0.1) is 11.3 Å². The van der Waals surface area contributed by atoms with E-state index in [1.165, 1.54) is 33.4 Å². The van der Waals surface area contributed by atoms with E-state index in [0.29, 0.717) is 23.8 Å². The predicted molar refractivity (Wildman–Crippen MR) is 120 cm³/mol. The number of rotatable bonds is 8. The molecule has 1 aromatic heterocycles. The Morgan fingerprint density at radius 1 is 1.23 bits per heavy atom. The molecule has 0 saturated carbocycles. The van der Waals surface area contributed by atoms with Crippen molar-refractivity contribution in [2.24, 2.45) is 0 Å². The molecule has 2 aromatic rings. The number of hydroxylamine groups is 2. The van der Waals surface area contributed by atoms with Crippen LogP contribution in [0.5, 0.6) is 0 Å². The molecule has 1 atom stereocenters. The first-order valence-electron chi connectivity index (χ1n) is 11.0. The smallest absolute Gasteiger partial charge is 0.414 e. The third-order valence-corrected chi connectivity index (χ3v) is 6.44. The highest BCUT2D eigenvalue weighted by atomic mass is 32.1. The highest BCUT2D eigenvalue weighted by Crippen LogP contribution is 2.29. The Morgan fingerprint density at radius 3 is 2.77 bits per heavy atom. The fourth-order valence-corrected chi connectivity index (χ4v) is 4.47. The lowest BCUT2D eigenvalue weighted by molar-refractivity contribution is -0.181. The van der Waals surface area contributed by atoms with Crippen molar-refractivity contribution in [1.82, 2.24) is 10.0 Å². The van der Waals surface area contributed by atoms with Crippen LogP contribution in [0.1, 0.15) is 17.8 Å². The first-order valence-corrected chi connectivity index (χ1v) is 11.8. The van der Waals surface area contributed by atoms with Gasteiger partial charge in [0.05, 0.1) is 37.5 Å². The summed E-state index contributed by atoms with van der Waals surface area (Å²) in [5, 5.41) is 3.74. The molecule has 0 bridgehead atoms. The molecule has 0 N–H and O–H groups in total. The second kappa shape index (κ2) is 11.0. The maximum atomic E-state index is 15.0. The first-order chi connectivity index (χ1) is 16.8. The zero-order valence-electron chi connectivity index (χ0n) is 18.6. The minimum Gasteiger partial charge on any atom is -0.444 e. The van der Waals surface area contributed by atoms with Crippen molar-refractivity contribution in [3.05, 3.63) is 40.6 Å². The predicted octanol–water partition coefficient (Wildman–Crippen LogP) is 3.04. The molecule has 2 saturated heterocycles. The van der Waals surface area contributed by atoms with E-state index in [1.807, 2.05) is 0 Å². The van der Waals surface area contributed by atoms with Crippen molar-refractivity contribution in [1.29, 1.82) is 0 Å². The quantitative estimate of drug-likeness (QED) is 0.537. The van der Waals surface area contributed by atoms with Crippen LogP contribution in [-0.4, -0.2) is 73.1 Å². The van der Waals surface area contributed by atoms with Gasteiger partial charge < -0.3 is 9.64 Å². The third kappa shape index (κ3) is 6.09. The van der Waals surface area contributed by atoms with Crippen LogP contribution in [0.15, 0.2) is 29.8 Å². The lowest BCUT2D eigenvalue weighted by atomic mass is 10.1. The van der Waals surface area contributed by atoms with Crippen molar-refractivity contribution >= 4 is 40.5 Å². The number of amides is 2. The molecule has 0 spiro atoms. The van der Waals surface area contributed by atoms with Crippen molar-refractivity contribution in [3.63, 3.8) is 0 Å². The zero-order valence-corrected chi connectivity index (χ0v) is 19.4. The highest BCUT2D eigenvalue weighted by Gasteiger charge is 2.34. The van der Waals surface area contributed by atoms with Gasteiger partial charge in [0.1, 0.15) is 16.9 Å². The molecule has 13 heteroatoms. The largest absolute Gasteiger partial charge is 0.444 e. The Labute approximate surface area is 203 Å². The van der Waals surface area contributed by atoms with Gasteiger partial charge in [-0.05, 0) is 24.6 Å². The third-order valence-electron chi connectivity index (χ3n) is 5.66. The summed E-state index contributed by atoms with van der Waals surface area (Å²) in [7, 11) is 0. The van der Waals surface area contributed by atoms with E-state index in [1.54, 1.807) is 22.5 Å². The van der Waals surface area contributed by atoms with Crippen molar-refractivity contribution < 1.29 is 37.1 Å².